The number of halogens is 3. The van der Waals surface area contributed by atoms with Crippen LogP contribution < -0.4 is 0 Å². The van der Waals surface area contributed by atoms with Gasteiger partial charge in [-0.15, -0.1) is 11.8 Å². The van der Waals surface area contributed by atoms with E-state index in [0.717, 1.165) is 67.9 Å². The molecule has 8 nitrogen and oxygen atoms in total. The van der Waals surface area contributed by atoms with Gasteiger partial charge in [-0.3, -0.25) is 14.3 Å². The first-order valence-electron chi connectivity index (χ1n) is 15.2. The van der Waals surface area contributed by atoms with E-state index in [2.05, 4.69) is 18.7 Å². The van der Waals surface area contributed by atoms with E-state index in [-0.39, 0.29) is 29.0 Å². The second-order valence-corrected chi connectivity index (χ2v) is 13.9. The number of carbonyl (C=O) groups is 2. The van der Waals surface area contributed by atoms with Crippen molar-refractivity contribution in [1.82, 2.24) is 24.5 Å². The zero-order valence-corrected chi connectivity index (χ0v) is 26.1. The van der Waals surface area contributed by atoms with Crippen molar-refractivity contribution in [2.75, 3.05) is 45.0 Å². The Hall–Kier alpha value is -2.57. The first-order valence-corrected chi connectivity index (χ1v) is 16.2. The van der Waals surface area contributed by atoms with Gasteiger partial charge in [-0.1, -0.05) is 19.9 Å². The molecule has 1 aromatic carbocycles. The van der Waals surface area contributed by atoms with Crippen molar-refractivity contribution in [3.05, 3.63) is 35.0 Å². The number of thioether (sulfide) groups is 1. The highest BCUT2D eigenvalue weighted by molar-refractivity contribution is 8.00. The van der Waals surface area contributed by atoms with E-state index in [1.807, 2.05) is 0 Å². The summed E-state index contributed by atoms with van der Waals surface area (Å²) >= 11 is 0.901. The van der Waals surface area contributed by atoms with Crippen molar-refractivity contribution < 1.29 is 27.9 Å². The molecule has 43 heavy (non-hydrogen) atoms. The fourth-order valence-corrected chi connectivity index (χ4v) is 7.27. The zero-order valence-electron chi connectivity index (χ0n) is 25.3. The second kappa shape index (κ2) is 12.8. The number of aliphatic hydroxyl groups is 1. The molecular formula is C31H42F3N5O3S. The van der Waals surface area contributed by atoms with Crippen molar-refractivity contribution in [1.29, 1.82) is 0 Å². The summed E-state index contributed by atoms with van der Waals surface area (Å²) in [5, 5.41) is 15.9. The lowest BCUT2D eigenvalue weighted by Gasteiger charge is -2.37. The third kappa shape index (κ3) is 7.57. The monoisotopic (exact) mass is 621 g/mol. The number of benzene rings is 1. The number of rotatable bonds is 8. The molecule has 0 saturated carbocycles. The normalized spacial score (nSPS) is 19.9. The molecule has 2 saturated heterocycles. The van der Waals surface area contributed by atoms with E-state index in [4.69, 9.17) is 5.10 Å². The highest BCUT2D eigenvalue weighted by atomic mass is 32.2. The van der Waals surface area contributed by atoms with E-state index in [1.165, 1.54) is 19.1 Å². The van der Waals surface area contributed by atoms with Gasteiger partial charge in [-0.25, -0.2) is 0 Å². The van der Waals surface area contributed by atoms with Crippen LogP contribution in [0.3, 0.4) is 0 Å². The molecule has 1 unspecified atom stereocenters. The molecular weight excluding hydrogens is 579 g/mol. The van der Waals surface area contributed by atoms with Crippen LogP contribution in [0.4, 0.5) is 13.2 Å². The average molecular weight is 622 g/mol. The van der Waals surface area contributed by atoms with Crippen LogP contribution in [-0.2, 0) is 35.3 Å². The number of piperidine rings is 1. The molecule has 12 heteroatoms. The second-order valence-electron chi connectivity index (χ2n) is 12.9. The highest BCUT2D eigenvalue weighted by Gasteiger charge is 2.35. The maximum Gasteiger partial charge on any atom is 0.417 e. The number of aliphatic hydroxyl groups excluding tert-OH is 1. The summed E-state index contributed by atoms with van der Waals surface area (Å²) in [7, 11) is 0. The Morgan fingerprint density at radius 2 is 1.74 bits per heavy atom. The minimum absolute atomic E-state index is 0.0202. The molecule has 3 aliphatic rings. The molecule has 0 spiro atoms. The first-order chi connectivity index (χ1) is 20.3. The van der Waals surface area contributed by atoms with Gasteiger partial charge < -0.3 is 19.8 Å². The van der Waals surface area contributed by atoms with Gasteiger partial charge in [0.15, 0.2) is 0 Å². The van der Waals surface area contributed by atoms with E-state index < -0.39 is 17.8 Å². The SMILES string of the molecule is CC(=O)N1CCc2c(c(-c3ccc(C(F)(F)F)c(SCC(=O)N4CCCC4)c3)nn2CC(O)CN2CCC(C)(C)CC2)C1. The van der Waals surface area contributed by atoms with Gasteiger partial charge in [0.25, 0.3) is 0 Å². The molecule has 2 fully saturated rings. The van der Waals surface area contributed by atoms with Gasteiger partial charge in [0.1, 0.15) is 0 Å². The zero-order chi connectivity index (χ0) is 30.9. The Morgan fingerprint density at radius 1 is 1.05 bits per heavy atom. The molecule has 0 bridgehead atoms. The van der Waals surface area contributed by atoms with Crippen LogP contribution >= 0.6 is 11.8 Å². The van der Waals surface area contributed by atoms with Gasteiger partial charge in [0, 0.05) is 67.8 Å². The van der Waals surface area contributed by atoms with E-state index in [0.29, 0.717) is 55.8 Å². The fourth-order valence-electron chi connectivity index (χ4n) is 6.26. The largest absolute Gasteiger partial charge is 0.417 e. The van der Waals surface area contributed by atoms with Crippen LogP contribution in [0, 0.1) is 5.41 Å². The van der Waals surface area contributed by atoms with Gasteiger partial charge in [-0.05, 0) is 56.3 Å². The van der Waals surface area contributed by atoms with Gasteiger partial charge in [0.2, 0.25) is 11.8 Å². The standard InChI is InChI=1S/C31H42F3N5O3S/c1-21(40)38-13-8-26-24(19-38)29(35-39(26)18-23(41)17-36-14-9-30(2,3)10-15-36)22-6-7-25(31(32,33)34)27(16-22)43-20-28(42)37-11-4-5-12-37/h6-7,16,23,41H,4-5,8-15,17-20H2,1-3H3. The Labute approximate surface area is 255 Å². The summed E-state index contributed by atoms with van der Waals surface area (Å²) in [5.74, 6) is -0.315. The minimum atomic E-state index is -4.57. The van der Waals surface area contributed by atoms with E-state index in [9.17, 15) is 27.9 Å². The highest BCUT2D eigenvalue weighted by Crippen LogP contribution is 2.40. The fraction of sp³-hybridized carbons (Fsp3) is 0.645. The first kappa shape index (κ1) is 31.8. The number of aromatic nitrogens is 2. The van der Waals surface area contributed by atoms with Crippen LogP contribution in [-0.4, -0.2) is 92.5 Å². The molecule has 1 aromatic heterocycles. The number of hydrogen-bond donors (Lipinski definition) is 1. The van der Waals surface area contributed by atoms with Crippen molar-refractivity contribution in [2.45, 2.75) is 83.1 Å². The Kier molecular flexibility index (Phi) is 9.48. The number of carbonyl (C=O) groups excluding carboxylic acids is 2. The molecule has 2 aromatic rings. The molecule has 3 aliphatic heterocycles. The number of amides is 2. The minimum Gasteiger partial charge on any atom is -0.390 e. The third-order valence-electron chi connectivity index (χ3n) is 9.01. The van der Waals surface area contributed by atoms with Gasteiger partial charge in [-0.2, -0.15) is 18.3 Å². The number of likely N-dealkylation sites (tertiary alicyclic amines) is 2. The smallest absolute Gasteiger partial charge is 0.390 e. The number of hydrogen-bond acceptors (Lipinski definition) is 6. The molecule has 5 rings (SSSR count). The molecule has 236 valence electrons. The van der Waals surface area contributed by atoms with Crippen LogP contribution in [0.5, 0.6) is 0 Å². The van der Waals surface area contributed by atoms with E-state index >= 15 is 0 Å². The molecule has 1 N–H and O–H groups in total. The average Bonchev–Trinajstić information content (AvgIpc) is 3.61. The molecule has 4 heterocycles. The number of β-amino-alcohol motifs (C(OH)–C–C–N with tert-alkyl or cyclic N) is 1. The maximum atomic E-state index is 14.0. The van der Waals surface area contributed by atoms with Crippen LogP contribution in [0.1, 0.15) is 63.3 Å². The maximum absolute atomic E-state index is 14.0. The van der Waals surface area contributed by atoms with Crippen LogP contribution in [0.2, 0.25) is 0 Å². The summed E-state index contributed by atoms with van der Waals surface area (Å²) in [6.45, 7) is 10.7. The Balaban J connectivity index is 1.42. The Morgan fingerprint density at radius 3 is 2.40 bits per heavy atom. The summed E-state index contributed by atoms with van der Waals surface area (Å²) in [4.78, 5) is 30.6. The van der Waals surface area contributed by atoms with Crippen molar-refractivity contribution >= 4 is 23.6 Å². The quantitative estimate of drug-likeness (QED) is 0.432. The predicted octanol–water partition coefficient (Wildman–Crippen LogP) is 4.67. The van der Waals surface area contributed by atoms with Crippen molar-refractivity contribution in [2.24, 2.45) is 5.41 Å². The molecule has 1 atom stereocenters. The molecule has 2 amide bonds. The number of alkyl halides is 3. The lowest BCUT2D eigenvalue weighted by atomic mass is 9.82. The summed E-state index contributed by atoms with van der Waals surface area (Å²) in [6.07, 6.45) is -0.737. The summed E-state index contributed by atoms with van der Waals surface area (Å²) in [6, 6.07) is 3.94. The molecule has 0 aliphatic carbocycles. The predicted molar refractivity (Wildman–Crippen MR) is 159 cm³/mol. The third-order valence-corrected chi connectivity index (χ3v) is 10.1. The van der Waals surface area contributed by atoms with E-state index in [1.54, 1.807) is 14.5 Å². The van der Waals surface area contributed by atoms with Crippen LogP contribution in [0.25, 0.3) is 11.3 Å². The van der Waals surface area contributed by atoms with Gasteiger partial charge in [0.05, 0.1) is 29.7 Å². The number of nitrogens with zero attached hydrogens (tertiary/aromatic N) is 5. The number of fused-ring (bicyclic) bond motifs is 1. The molecule has 0 radical (unpaired) electrons. The Bertz CT molecular complexity index is 1330. The summed E-state index contributed by atoms with van der Waals surface area (Å²) < 4.78 is 43.8. The van der Waals surface area contributed by atoms with Crippen molar-refractivity contribution in [3.8, 4) is 11.3 Å². The summed E-state index contributed by atoms with van der Waals surface area (Å²) in [5.41, 5.74) is 2.21. The lowest BCUT2D eigenvalue weighted by Crippen LogP contribution is -2.42. The van der Waals surface area contributed by atoms with Crippen LogP contribution in [0.15, 0.2) is 23.1 Å². The topological polar surface area (TPSA) is 81.9 Å². The van der Waals surface area contributed by atoms with Crippen molar-refractivity contribution in [3.63, 3.8) is 0 Å². The van der Waals surface area contributed by atoms with Gasteiger partial charge >= 0.3 is 6.18 Å². The lowest BCUT2D eigenvalue weighted by molar-refractivity contribution is -0.139.